The molecule has 2 atom stereocenters. The maximum absolute atomic E-state index is 6.18. The molecule has 4 fully saturated rings. The van der Waals surface area contributed by atoms with Crippen LogP contribution in [0.5, 0.6) is 0 Å². The van der Waals surface area contributed by atoms with Crippen LogP contribution in [0.3, 0.4) is 0 Å². The number of hydrazine groups is 1. The highest BCUT2D eigenvalue weighted by atomic mass is 16.5. The smallest absolute Gasteiger partial charge is 0.122 e. The third kappa shape index (κ3) is 4.75. The van der Waals surface area contributed by atoms with Gasteiger partial charge in [-0.15, -0.1) is 0 Å². The minimum atomic E-state index is 0.280. The van der Waals surface area contributed by atoms with Crippen LogP contribution in [0.15, 0.2) is 0 Å². The van der Waals surface area contributed by atoms with Crippen LogP contribution < -0.4 is 5.43 Å². The number of rotatable bonds is 5. The van der Waals surface area contributed by atoms with Crippen LogP contribution in [-0.4, -0.2) is 79.5 Å². The lowest BCUT2D eigenvalue weighted by Crippen LogP contribution is -2.47. The summed E-state index contributed by atoms with van der Waals surface area (Å²) >= 11 is 0. The number of hydrogen-bond acceptors (Lipinski definition) is 5. The zero-order valence-corrected chi connectivity index (χ0v) is 16.2. The average Bonchev–Trinajstić information content (AvgIpc) is 3.06. The molecule has 0 aromatic rings. The lowest BCUT2D eigenvalue weighted by Gasteiger charge is -2.41. The zero-order valence-electron chi connectivity index (χ0n) is 16.2. The van der Waals surface area contributed by atoms with Gasteiger partial charge in [0.15, 0.2) is 0 Å². The Morgan fingerprint density at radius 3 is 2.44 bits per heavy atom. The molecule has 0 bridgehead atoms. The highest BCUT2D eigenvalue weighted by Gasteiger charge is 2.34. The molecule has 0 aromatic carbocycles. The summed E-state index contributed by atoms with van der Waals surface area (Å²) in [4.78, 5) is 5.26. The summed E-state index contributed by atoms with van der Waals surface area (Å²) in [5.74, 6) is 0.881. The number of nitrogens with one attached hydrogen (secondary N) is 1. The summed E-state index contributed by atoms with van der Waals surface area (Å²) in [6, 6.07) is 1.59. The lowest BCUT2D eigenvalue weighted by molar-refractivity contribution is 0.00318. The second-order valence-electron chi connectivity index (χ2n) is 8.87. The molecule has 4 aliphatic rings. The number of piperidine rings is 3. The first-order chi connectivity index (χ1) is 12.3. The molecule has 4 saturated heterocycles. The van der Waals surface area contributed by atoms with Crippen molar-refractivity contribution in [3.63, 3.8) is 0 Å². The Morgan fingerprint density at radius 2 is 1.68 bits per heavy atom. The first-order valence-corrected chi connectivity index (χ1v) is 10.8. The molecule has 0 saturated carbocycles. The molecule has 4 rings (SSSR count). The Hall–Kier alpha value is -0.200. The van der Waals surface area contributed by atoms with E-state index in [0.29, 0.717) is 0 Å². The quantitative estimate of drug-likeness (QED) is 0.822. The molecule has 2 unspecified atom stereocenters. The van der Waals surface area contributed by atoms with Gasteiger partial charge in [0.05, 0.1) is 0 Å². The van der Waals surface area contributed by atoms with Gasteiger partial charge in [-0.25, -0.2) is 10.4 Å². The molecule has 5 nitrogen and oxygen atoms in total. The normalized spacial score (nSPS) is 34.4. The molecule has 144 valence electrons. The van der Waals surface area contributed by atoms with Crippen molar-refractivity contribution >= 4 is 0 Å². The van der Waals surface area contributed by atoms with Gasteiger partial charge in [-0.05, 0) is 84.1 Å². The van der Waals surface area contributed by atoms with E-state index in [1.807, 2.05) is 0 Å². The summed E-state index contributed by atoms with van der Waals surface area (Å²) in [6.45, 7) is 7.35. The molecule has 0 radical (unpaired) electrons. The van der Waals surface area contributed by atoms with Crippen molar-refractivity contribution in [3.05, 3.63) is 0 Å². The van der Waals surface area contributed by atoms with Gasteiger partial charge in [-0.1, -0.05) is 6.42 Å². The minimum absolute atomic E-state index is 0.280. The van der Waals surface area contributed by atoms with E-state index in [4.69, 9.17) is 4.74 Å². The fourth-order valence-electron chi connectivity index (χ4n) is 5.35. The predicted octanol–water partition coefficient (Wildman–Crippen LogP) is 2.29. The van der Waals surface area contributed by atoms with E-state index in [1.165, 1.54) is 90.5 Å². The van der Waals surface area contributed by atoms with Crippen LogP contribution in [-0.2, 0) is 4.74 Å². The van der Waals surface area contributed by atoms with Crippen LogP contribution in [0.25, 0.3) is 0 Å². The number of hydrogen-bond donors (Lipinski definition) is 1. The first kappa shape index (κ1) is 18.2. The van der Waals surface area contributed by atoms with Crippen molar-refractivity contribution in [2.45, 2.75) is 76.1 Å². The van der Waals surface area contributed by atoms with Gasteiger partial charge in [-0.3, -0.25) is 0 Å². The van der Waals surface area contributed by atoms with E-state index in [9.17, 15) is 0 Å². The largest absolute Gasteiger partial charge is 0.362 e. The molecule has 5 heteroatoms. The molecule has 25 heavy (non-hydrogen) atoms. The molecule has 0 aliphatic carbocycles. The maximum atomic E-state index is 6.18. The molecular weight excluding hydrogens is 312 g/mol. The third-order valence-corrected chi connectivity index (χ3v) is 7.12. The van der Waals surface area contributed by atoms with E-state index >= 15 is 0 Å². The number of fused-ring (bicyclic) bond motifs is 1. The Bertz CT molecular complexity index is 391. The Balaban J connectivity index is 1.10. The minimum Gasteiger partial charge on any atom is -0.362 e. The van der Waals surface area contributed by atoms with Gasteiger partial charge < -0.3 is 14.5 Å². The van der Waals surface area contributed by atoms with Gasteiger partial charge in [0.2, 0.25) is 0 Å². The van der Waals surface area contributed by atoms with E-state index < -0.39 is 0 Å². The van der Waals surface area contributed by atoms with Crippen LogP contribution in [0.4, 0.5) is 0 Å². The summed E-state index contributed by atoms with van der Waals surface area (Å²) in [5, 5.41) is 2.44. The van der Waals surface area contributed by atoms with Crippen molar-refractivity contribution in [1.82, 2.24) is 20.2 Å². The van der Waals surface area contributed by atoms with Gasteiger partial charge >= 0.3 is 0 Å². The highest BCUT2D eigenvalue weighted by molar-refractivity contribution is 4.84. The van der Waals surface area contributed by atoms with Crippen LogP contribution in [0.2, 0.25) is 0 Å². The van der Waals surface area contributed by atoms with Crippen LogP contribution >= 0.6 is 0 Å². The fraction of sp³-hybridized carbons (Fsp3) is 1.00. The highest BCUT2D eigenvalue weighted by Crippen LogP contribution is 2.27. The number of nitrogens with zero attached hydrogens (tertiary/aromatic N) is 3. The van der Waals surface area contributed by atoms with Gasteiger partial charge in [-0.2, -0.15) is 0 Å². The predicted molar refractivity (Wildman–Crippen MR) is 101 cm³/mol. The van der Waals surface area contributed by atoms with Crippen molar-refractivity contribution in [1.29, 1.82) is 0 Å². The Labute approximate surface area is 154 Å². The number of likely N-dealkylation sites (tertiary alicyclic amines) is 2. The van der Waals surface area contributed by atoms with Gasteiger partial charge in [0, 0.05) is 31.7 Å². The van der Waals surface area contributed by atoms with E-state index in [2.05, 4.69) is 27.3 Å². The standard InChI is InChI=1S/C20H38N4O/c1-22-11-7-18(8-12-22)23-13-5-17(6-14-23)9-15-25-20-16-19-4-2-3-10-24(19)21-20/h17-21H,2-16H2,1H3. The molecular formula is C20H38N4O. The maximum Gasteiger partial charge on any atom is 0.122 e. The second kappa shape index (κ2) is 8.66. The molecule has 1 N–H and O–H groups in total. The van der Waals surface area contributed by atoms with Crippen molar-refractivity contribution in [2.75, 3.05) is 46.4 Å². The van der Waals surface area contributed by atoms with Crippen LogP contribution in [0.1, 0.15) is 57.8 Å². The van der Waals surface area contributed by atoms with Crippen molar-refractivity contribution in [2.24, 2.45) is 5.92 Å². The summed E-state index contributed by atoms with van der Waals surface area (Å²) in [5.41, 5.74) is 3.58. The van der Waals surface area contributed by atoms with Gasteiger partial charge in [0.1, 0.15) is 6.23 Å². The molecule has 0 amide bonds. The average molecular weight is 351 g/mol. The number of ether oxygens (including phenoxy) is 1. The molecule has 4 heterocycles. The van der Waals surface area contributed by atoms with Crippen molar-refractivity contribution < 1.29 is 4.74 Å². The topological polar surface area (TPSA) is 31.0 Å². The summed E-state index contributed by atoms with van der Waals surface area (Å²) in [6.07, 6.45) is 12.3. The third-order valence-electron chi connectivity index (χ3n) is 7.12. The van der Waals surface area contributed by atoms with Gasteiger partial charge in [0.25, 0.3) is 0 Å². The fourth-order valence-corrected chi connectivity index (χ4v) is 5.35. The van der Waals surface area contributed by atoms with E-state index in [-0.39, 0.29) is 6.23 Å². The van der Waals surface area contributed by atoms with Crippen LogP contribution in [0, 0.1) is 5.92 Å². The second-order valence-corrected chi connectivity index (χ2v) is 8.87. The molecule has 0 aromatic heterocycles. The molecule has 0 spiro atoms. The lowest BCUT2D eigenvalue weighted by atomic mass is 9.91. The Morgan fingerprint density at radius 1 is 0.880 bits per heavy atom. The summed E-state index contributed by atoms with van der Waals surface area (Å²) in [7, 11) is 2.26. The summed E-state index contributed by atoms with van der Waals surface area (Å²) < 4.78 is 6.18. The Kier molecular flexibility index (Phi) is 6.30. The SMILES string of the molecule is CN1CCC(N2CCC(CCOC3CC4CCCCN4N3)CC2)CC1. The van der Waals surface area contributed by atoms with Crippen molar-refractivity contribution in [3.8, 4) is 0 Å². The van der Waals surface area contributed by atoms with E-state index in [0.717, 1.165) is 24.6 Å². The van der Waals surface area contributed by atoms with E-state index in [1.54, 1.807) is 0 Å². The molecule has 4 aliphatic heterocycles. The zero-order chi connectivity index (χ0) is 17.1. The first-order valence-electron chi connectivity index (χ1n) is 10.8. The monoisotopic (exact) mass is 350 g/mol.